The molecule has 6 heteroatoms. The molecular weight excluding hydrogens is 405 g/mol. The van der Waals surface area contributed by atoms with Crippen molar-refractivity contribution < 1.29 is 13.9 Å². The monoisotopic (exact) mass is 439 g/mol. The first-order chi connectivity index (χ1) is 15.5. The van der Waals surface area contributed by atoms with E-state index >= 15 is 0 Å². The van der Waals surface area contributed by atoms with Crippen LogP contribution in [0.5, 0.6) is 5.75 Å². The van der Waals surface area contributed by atoms with E-state index in [4.69, 9.17) is 4.74 Å². The lowest BCUT2D eigenvalue weighted by atomic mass is 9.96. The summed E-state index contributed by atoms with van der Waals surface area (Å²) in [5.74, 6) is 0.465. The van der Waals surface area contributed by atoms with Crippen LogP contribution in [0, 0.1) is 5.82 Å². The van der Waals surface area contributed by atoms with Gasteiger partial charge in [0.05, 0.1) is 7.11 Å². The zero-order valence-electron chi connectivity index (χ0n) is 19.0. The number of ether oxygens (including phenoxy) is 1. The SMILES string of the molecule is COc1cccc([C@@H](C)N[C@H]2CCC(c3ccc(C(=O)NC4CCNCC4)cc3)C2)c1F. The van der Waals surface area contributed by atoms with Crippen LogP contribution in [0.2, 0.25) is 0 Å². The molecule has 0 spiro atoms. The van der Waals surface area contributed by atoms with Gasteiger partial charge < -0.3 is 20.7 Å². The van der Waals surface area contributed by atoms with E-state index in [2.05, 4.69) is 28.1 Å². The van der Waals surface area contributed by atoms with E-state index in [1.54, 1.807) is 6.07 Å². The maximum atomic E-state index is 14.6. The molecule has 1 heterocycles. The number of carbonyl (C=O) groups excluding carboxylic acids is 1. The van der Waals surface area contributed by atoms with Crippen molar-refractivity contribution in [3.63, 3.8) is 0 Å². The number of piperidine rings is 1. The van der Waals surface area contributed by atoms with Gasteiger partial charge in [-0.1, -0.05) is 24.3 Å². The minimum Gasteiger partial charge on any atom is -0.494 e. The maximum Gasteiger partial charge on any atom is 0.251 e. The minimum atomic E-state index is -0.289. The van der Waals surface area contributed by atoms with Crippen LogP contribution in [0.3, 0.4) is 0 Å². The molecule has 4 rings (SSSR count). The van der Waals surface area contributed by atoms with Crippen molar-refractivity contribution in [2.45, 2.75) is 63.1 Å². The van der Waals surface area contributed by atoms with Gasteiger partial charge in [-0.15, -0.1) is 0 Å². The molecule has 5 nitrogen and oxygen atoms in total. The van der Waals surface area contributed by atoms with E-state index in [1.165, 1.54) is 12.7 Å². The molecule has 0 bridgehead atoms. The second kappa shape index (κ2) is 10.5. The van der Waals surface area contributed by atoms with Gasteiger partial charge in [-0.2, -0.15) is 0 Å². The van der Waals surface area contributed by atoms with Crippen molar-refractivity contribution in [3.8, 4) is 5.75 Å². The summed E-state index contributed by atoms with van der Waals surface area (Å²) in [5.41, 5.74) is 2.63. The van der Waals surface area contributed by atoms with Crippen molar-refractivity contribution in [1.82, 2.24) is 16.0 Å². The van der Waals surface area contributed by atoms with Crippen molar-refractivity contribution in [2.75, 3.05) is 20.2 Å². The number of benzene rings is 2. The Balaban J connectivity index is 1.31. The zero-order chi connectivity index (χ0) is 22.5. The van der Waals surface area contributed by atoms with Crippen LogP contribution >= 0.6 is 0 Å². The lowest BCUT2D eigenvalue weighted by molar-refractivity contribution is 0.0929. The number of nitrogens with one attached hydrogen (secondary N) is 3. The summed E-state index contributed by atoms with van der Waals surface area (Å²) in [6.07, 6.45) is 5.12. The van der Waals surface area contributed by atoms with Gasteiger partial charge in [0, 0.05) is 29.3 Å². The number of hydrogen-bond donors (Lipinski definition) is 3. The van der Waals surface area contributed by atoms with Gasteiger partial charge in [0.25, 0.3) is 5.91 Å². The van der Waals surface area contributed by atoms with E-state index in [-0.39, 0.29) is 29.6 Å². The summed E-state index contributed by atoms with van der Waals surface area (Å²) >= 11 is 0. The Morgan fingerprint density at radius 2 is 1.81 bits per heavy atom. The molecule has 1 saturated carbocycles. The quantitative estimate of drug-likeness (QED) is 0.602. The van der Waals surface area contributed by atoms with Crippen LogP contribution in [0.15, 0.2) is 42.5 Å². The van der Waals surface area contributed by atoms with Gasteiger partial charge in [0.1, 0.15) is 0 Å². The molecule has 1 unspecified atom stereocenters. The molecule has 0 aromatic heterocycles. The number of hydrogen-bond acceptors (Lipinski definition) is 4. The molecule has 0 radical (unpaired) electrons. The molecule has 3 N–H and O–H groups in total. The number of methoxy groups -OCH3 is 1. The predicted octanol–water partition coefficient (Wildman–Crippen LogP) is 4.30. The van der Waals surface area contributed by atoms with Gasteiger partial charge in [0.2, 0.25) is 0 Å². The van der Waals surface area contributed by atoms with E-state index in [0.717, 1.165) is 50.8 Å². The maximum absolute atomic E-state index is 14.6. The molecule has 2 aliphatic rings. The standard InChI is InChI=1S/C26H34FN3O2/c1-17(23-4-3-5-24(32-2)25(23)27)29-22-11-10-20(16-22)18-6-8-19(9-7-18)26(31)30-21-12-14-28-15-13-21/h3-9,17,20-22,28-29H,10-16H2,1-2H3,(H,30,31)/t17-,20?,22+/m1/s1. The highest BCUT2D eigenvalue weighted by Gasteiger charge is 2.28. The third-order valence-electron chi connectivity index (χ3n) is 6.92. The van der Waals surface area contributed by atoms with E-state index in [9.17, 15) is 9.18 Å². The van der Waals surface area contributed by atoms with Gasteiger partial charge in [0.15, 0.2) is 11.6 Å². The third-order valence-corrected chi connectivity index (χ3v) is 6.92. The third kappa shape index (κ3) is 5.30. The Kier molecular flexibility index (Phi) is 7.43. The molecule has 1 amide bonds. The summed E-state index contributed by atoms with van der Waals surface area (Å²) < 4.78 is 19.7. The summed E-state index contributed by atoms with van der Waals surface area (Å²) in [4.78, 5) is 12.5. The van der Waals surface area contributed by atoms with Crippen LogP contribution < -0.4 is 20.7 Å². The predicted molar refractivity (Wildman–Crippen MR) is 125 cm³/mol. The molecule has 3 atom stereocenters. The molecule has 2 aromatic carbocycles. The average molecular weight is 440 g/mol. The van der Waals surface area contributed by atoms with E-state index in [0.29, 0.717) is 17.5 Å². The van der Waals surface area contributed by atoms with Gasteiger partial charge in [-0.05, 0) is 81.8 Å². The highest BCUT2D eigenvalue weighted by molar-refractivity contribution is 5.94. The van der Waals surface area contributed by atoms with Crippen LogP contribution in [0.4, 0.5) is 4.39 Å². The van der Waals surface area contributed by atoms with E-state index < -0.39 is 0 Å². The van der Waals surface area contributed by atoms with Gasteiger partial charge in [-0.3, -0.25) is 4.79 Å². The molecule has 2 aromatic rings. The first kappa shape index (κ1) is 22.7. The van der Waals surface area contributed by atoms with Crippen molar-refractivity contribution in [2.24, 2.45) is 0 Å². The van der Waals surface area contributed by atoms with E-state index in [1.807, 2.05) is 31.2 Å². The van der Waals surface area contributed by atoms with Crippen LogP contribution in [-0.4, -0.2) is 38.2 Å². The summed E-state index contributed by atoms with van der Waals surface area (Å²) in [7, 11) is 1.49. The normalized spacial score (nSPS) is 22.5. The van der Waals surface area contributed by atoms with Gasteiger partial charge >= 0.3 is 0 Å². The second-order valence-corrected chi connectivity index (χ2v) is 9.08. The average Bonchev–Trinajstić information content (AvgIpc) is 3.28. The molecule has 1 aliphatic carbocycles. The Hall–Kier alpha value is -2.44. The van der Waals surface area contributed by atoms with Crippen LogP contribution in [0.1, 0.15) is 72.5 Å². The van der Waals surface area contributed by atoms with Gasteiger partial charge in [-0.25, -0.2) is 4.39 Å². The van der Waals surface area contributed by atoms with Crippen molar-refractivity contribution in [1.29, 1.82) is 0 Å². The fourth-order valence-electron chi connectivity index (χ4n) is 5.04. The lowest BCUT2D eigenvalue weighted by Crippen LogP contribution is -2.42. The fraction of sp³-hybridized carbons (Fsp3) is 0.500. The Labute approximate surface area is 190 Å². The number of rotatable bonds is 7. The summed E-state index contributed by atoms with van der Waals surface area (Å²) in [5, 5.41) is 10.1. The molecule has 2 fully saturated rings. The van der Waals surface area contributed by atoms with Crippen molar-refractivity contribution in [3.05, 3.63) is 65.0 Å². The Morgan fingerprint density at radius 1 is 1.06 bits per heavy atom. The van der Waals surface area contributed by atoms with Crippen molar-refractivity contribution >= 4 is 5.91 Å². The molecule has 1 saturated heterocycles. The largest absolute Gasteiger partial charge is 0.494 e. The second-order valence-electron chi connectivity index (χ2n) is 9.08. The number of carbonyl (C=O) groups is 1. The highest BCUT2D eigenvalue weighted by atomic mass is 19.1. The lowest BCUT2D eigenvalue weighted by Gasteiger charge is -2.23. The number of amides is 1. The highest BCUT2D eigenvalue weighted by Crippen LogP contribution is 2.36. The molecule has 32 heavy (non-hydrogen) atoms. The summed E-state index contributed by atoms with van der Waals surface area (Å²) in [6, 6.07) is 13.9. The molecular formula is C26H34FN3O2. The fourth-order valence-corrected chi connectivity index (χ4v) is 5.04. The van der Waals surface area contributed by atoms with Crippen LogP contribution in [0.25, 0.3) is 0 Å². The molecule has 1 aliphatic heterocycles. The first-order valence-electron chi connectivity index (χ1n) is 11.7. The first-order valence-corrected chi connectivity index (χ1v) is 11.7. The topological polar surface area (TPSA) is 62.4 Å². The summed E-state index contributed by atoms with van der Waals surface area (Å²) in [6.45, 7) is 3.93. The Bertz CT molecular complexity index is 912. The number of halogens is 1. The smallest absolute Gasteiger partial charge is 0.251 e. The molecule has 172 valence electrons. The van der Waals surface area contributed by atoms with Crippen LogP contribution in [-0.2, 0) is 0 Å². The Morgan fingerprint density at radius 3 is 2.53 bits per heavy atom. The zero-order valence-corrected chi connectivity index (χ0v) is 19.0. The minimum absolute atomic E-state index is 0.0172.